The first-order valence-corrected chi connectivity index (χ1v) is 13.9. The molecule has 0 aliphatic heterocycles. The third kappa shape index (κ3) is 6.03. The van der Waals surface area contributed by atoms with Gasteiger partial charge >= 0.3 is 33.4 Å². The van der Waals surface area contributed by atoms with Crippen LogP contribution in [0, 0.1) is 19.1 Å². The predicted octanol–water partition coefficient (Wildman–Crippen LogP) is 9.77. The summed E-state index contributed by atoms with van der Waals surface area (Å²) < 4.78 is 91.8. The molecule has 0 fully saturated rings. The van der Waals surface area contributed by atoms with Gasteiger partial charge in [0.25, 0.3) is 0 Å². The Morgan fingerprint density at radius 2 is 1.45 bits per heavy atom. The van der Waals surface area contributed by atoms with Gasteiger partial charge in [0.15, 0.2) is 0 Å². The van der Waals surface area contributed by atoms with Gasteiger partial charge in [-0.2, -0.15) is 43.6 Å². The van der Waals surface area contributed by atoms with E-state index in [1.165, 1.54) is 0 Å². The molecular formula is C35H20F6N4OPt. The molecule has 0 aliphatic rings. The molecule has 7 rings (SSSR count). The number of aryl methyl sites for hydroxylation is 1. The maximum Gasteiger partial charge on any atom is 2.00 e. The summed E-state index contributed by atoms with van der Waals surface area (Å²) in [5, 5.41) is 5.99. The summed E-state index contributed by atoms with van der Waals surface area (Å²) in [4.78, 5) is 4.56. The Balaban J connectivity index is 0.00000386. The second-order valence-electron chi connectivity index (χ2n) is 10.5. The van der Waals surface area contributed by atoms with E-state index < -0.39 is 29.0 Å². The van der Waals surface area contributed by atoms with Crippen LogP contribution < -0.4 is 4.74 Å². The van der Waals surface area contributed by atoms with E-state index in [9.17, 15) is 26.3 Å². The van der Waals surface area contributed by atoms with E-state index in [0.29, 0.717) is 23.7 Å². The normalized spacial score (nSPS) is 12.0. The summed E-state index contributed by atoms with van der Waals surface area (Å²) in [5.41, 5.74) is -1.23. The van der Waals surface area contributed by atoms with Crippen molar-refractivity contribution in [2.75, 3.05) is 0 Å². The third-order valence-corrected chi connectivity index (χ3v) is 7.45. The van der Waals surface area contributed by atoms with Crippen LogP contribution in [-0.4, -0.2) is 19.3 Å². The van der Waals surface area contributed by atoms with Gasteiger partial charge in [-0.25, -0.2) is 4.98 Å². The minimum atomic E-state index is -5.02. The molecule has 5 nitrogen and oxygen atoms in total. The second kappa shape index (κ2) is 12.0. The molecule has 0 unspecified atom stereocenters. The Morgan fingerprint density at radius 1 is 0.745 bits per heavy atom. The van der Waals surface area contributed by atoms with Gasteiger partial charge < -0.3 is 9.30 Å². The molecule has 0 radical (unpaired) electrons. The van der Waals surface area contributed by atoms with Gasteiger partial charge in [0, 0.05) is 40.5 Å². The number of nitrogens with zero attached hydrogens (tertiary/aromatic N) is 4. The SMILES string of the molecule is Cc1ccnc(-n2c3[c-]c(Oc4[c-]c(-n5cc(-c6c(C(F)(F)F)cccc6C(F)(F)F)cn5)ccc4)ccc3c3ccccc32)c1.[Pt+2]. The molecule has 0 aliphatic carbocycles. The molecule has 3 aromatic heterocycles. The molecule has 0 atom stereocenters. The second-order valence-corrected chi connectivity index (χ2v) is 10.5. The van der Waals surface area contributed by atoms with Crippen LogP contribution in [0.5, 0.6) is 11.5 Å². The van der Waals surface area contributed by atoms with E-state index in [1.807, 2.05) is 54.0 Å². The first kappa shape index (κ1) is 32.1. The summed E-state index contributed by atoms with van der Waals surface area (Å²) >= 11 is 0. The minimum Gasteiger partial charge on any atom is -0.509 e. The van der Waals surface area contributed by atoms with Crippen molar-refractivity contribution in [2.24, 2.45) is 0 Å². The van der Waals surface area contributed by atoms with Crippen molar-refractivity contribution in [1.29, 1.82) is 0 Å². The van der Waals surface area contributed by atoms with Gasteiger partial charge in [-0.15, -0.1) is 35.7 Å². The summed E-state index contributed by atoms with van der Waals surface area (Å²) in [6.07, 6.45) is -6.24. The van der Waals surface area contributed by atoms with E-state index in [0.717, 1.165) is 50.5 Å². The van der Waals surface area contributed by atoms with E-state index in [1.54, 1.807) is 30.5 Å². The molecule has 0 spiro atoms. The van der Waals surface area contributed by atoms with Crippen LogP contribution in [0.1, 0.15) is 16.7 Å². The van der Waals surface area contributed by atoms with Crippen LogP contribution in [0.15, 0.2) is 104 Å². The predicted molar refractivity (Wildman–Crippen MR) is 160 cm³/mol. The number of aromatic nitrogens is 4. The molecule has 0 N–H and O–H groups in total. The number of ether oxygens (including phenoxy) is 1. The van der Waals surface area contributed by atoms with E-state index >= 15 is 0 Å². The molecule has 0 saturated heterocycles. The first-order chi connectivity index (χ1) is 22.0. The quantitative estimate of drug-likeness (QED) is 0.128. The summed E-state index contributed by atoms with van der Waals surface area (Å²) in [7, 11) is 0. The molecule has 3 heterocycles. The Bertz CT molecular complexity index is 2220. The van der Waals surface area contributed by atoms with Crippen LogP contribution in [0.2, 0.25) is 0 Å². The zero-order valence-corrected chi connectivity index (χ0v) is 26.4. The number of pyridine rings is 1. The first-order valence-electron chi connectivity index (χ1n) is 13.9. The van der Waals surface area contributed by atoms with E-state index in [2.05, 4.69) is 22.2 Å². The van der Waals surface area contributed by atoms with E-state index in [4.69, 9.17) is 4.74 Å². The number of halogens is 6. The zero-order valence-electron chi connectivity index (χ0n) is 24.1. The van der Waals surface area contributed by atoms with Gasteiger partial charge in [-0.05, 0) is 53.9 Å². The molecule has 7 aromatic rings. The van der Waals surface area contributed by atoms with Crippen LogP contribution in [0.3, 0.4) is 0 Å². The number of rotatable bonds is 5. The summed E-state index contributed by atoms with van der Waals surface area (Å²) in [6.45, 7) is 1.98. The van der Waals surface area contributed by atoms with Crippen molar-refractivity contribution in [1.82, 2.24) is 19.3 Å². The van der Waals surface area contributed by atoms with Crippen LogP contribution in [0.4, 0.5) is 26.3 Å². The summed E-state index contributed by atoms with van der Waals surface area (Å²) in [6, 6.07) is 28.5. The number of hydrogen-bond donors (Lipinski definition) is 0. The average molecular weight is 822 g/mol. The van der Waals surface area contributed by atoms with Crippen LogP contribution in [-0.2, 0) is 33.4 Å². The standard InChI is InChI=1S/C35H20F6N4O.Pt/c1-21-14-15-42-32(16-21)45-30-11-3-2-8-26(30)27-13-12-25(18-31(27)45)46-24-7-4-6-23(17-24)44-20-22(19-43-44)33-28(34(36,37)38)9-5-10-29(33)35(39,40)41;/h2-16,19-20H,1H3;/q-2;+2. The zero-order chi connectivity index (χ0) is 32.2. The maximum atomic E-state index is 13.8. The number of benzene rings is 4. The monoisotopic (exact) mass is 821 g/mol. The molecule has 12 heteroatoms. The number of alkyl halides is 6. The van der Waals surface area contributed by atoms with Crippen LogP contribution in [0.25, 0.3) is 44.4 Å². The largest absolute Gasteiger partial charge is 2.00 e. The fraction of sp³-hybridized carbons (Fsp3) is 0.0857. The Labute approximate surface area is 278 Å². The minimum absolute atomic E-state index is 0. The molecule has 0 bridgehead atoms. The van der Waals surface area contributed by atoms with Gasteiger partial charge in [-0.1, -0.05) is 29.8 Å². The Kier molecular flexibility index (Phi) is 8.21. The van der Waals surface area contributed by atoms with E-state index in [-0.39, 0.29) is 38.1 Å². The van der Waals surface area contributed by atoms with Crippen molar-refractivity contribution in [3.05, 3.63) is 132 Å². The maximum absolute atomic E-state index is 13.8. The third-order valence-electron chi connectivity index (χ3n) is 7.45. The molecule has 0 saturated carbocycles. The fourth-order valence-electron chi connectivity index (χ4n) is 5.48. The topological polar surface area (TPSA) is 44.9 Å². The Morgan fingerprint density at radius 3 is 2.17 bits per heavy atom. The number of para-hydroxylation sites is 1. The molecule has 47 heavy (non-hydrogen) atoms. The van der Waals surface area contributed by atoms with Gasteiger partial charge in [0.05, 0.1) is 17.3 Å². The van der Waals surface area contributed by atoms with Crippen molar-refractivity contribution in [3.63, 3.8) is 0 Å². The van der Waals surface area contributed by atoms with Crippen LogP contribution >= 0.6 is 0 Å². The Hall–Kier alpha value is -4.89. The molecule has 238 valence electrons. The summed E-state index contributed by atoms with van der Waals surface area (Å²) in [5.74, 6) is 1.30. The molecule has 0 amide bonds. The number of hydrogen-bond acceptors (Lipinski definition) is 3. The van der Waals surface area contributed by atoms with Crippen molar-refractivity contribution < 1.29 is 52.1 Å². The number of fused-ring (bicyclic) bond motifs is 3. The fourth-order valence-corrected chi connectivity index (χ4v) is 5.48. The molecular weight excluding hydrogens is 801 g/mol. The van der Waals surface area contributed by atoms with Crippen molar-refractivity contribution in [3.8, 4) is 34.1 Å². The van der Waals surface area contributed by atoms with Crippen molar-refractivity contribution >= 4 is 21.8 Å². The smallest absolute Gasteiger partial charge is 0.509 e. The molecule has 4 aromatic carbocycles. The van der Waals surface area contributed by atoms with Gasteiger partial charge in [0.2, 0.25) is 0 Å². The van der Waals surface area contributed by atoms with Gasteiger partial charge in [-0.3, -0.25) is 4.68 Å². The average Bonchev–Trinajstić information content (AvgIpc) is 3.63. The van der Waals surface area contributed by atoms with Gasteiger partial charge in [0.1, 0.15) is 5.82 Å². The van der Waals surface area contributed by atoms with Crippen molar-refractivity contribution in [2.45, 2.75) is 19.3 Å².